The molecule has 0 spiro atoms. The molecule has 0 aromatic heterocycles. The summed E-state index contributed by atoms with van der Waals surface area (Å²) in [6.45, 7) is 4.32. The fraction of sp³-hybridized carbons (Fsp3) is 0.836. The van der Waals surface area contributed by atoms with E-state index in [1.807, 2.05) is 6.08 Å². The Labute approximate surface area is 516 Å². The van der Waals surface area contributed by atoms with Gasteiger partial charge in [-0.3, -0.25) is 9.59 Å². The van der Waals surface area contributed by atoms with Crippen LogP contribution in [0.15, 0.2) is 60.8 Å². The van der Waals surface area contributed by atoms with Gasteiger partial charge in [0.15, 0.2) is 6.29 Å². The molecule has 1 amide bonds. The summed E-state index contributed by atoms with van der Waals surface area (Å²) in [5.41, 5.74) is 0. The molecule has 1 saturated heterocycles. The third kappa shape index (κ3) is 50.4. The van der Waals surface area contributed by atoms with Crippen LogP contribution in [0, 0.1) is 0 Å². The molecule has 11 nitrogen and oxygen atoms in total. The van der Waals surface area contributed by atoms with Gasteiger partial charge in [-0.15, -0.1) is 0 Å². The monoisotopic (exact) mass is 1180 g/mol. The van der Waals surface area contributed by atoms with Gasteiger partial charge in [-0.25, -0.2) is 0 Å². The van der Waals surface area contributed by atoms with Crippen molar-refractivity contribution in [1.82, 2.24) is 5.32 Å². The summed E-state index contributed by atoms with van der Waals surface area (Å²) < 4.78 is 16.7. The molecule has 84 heavy (non-hydrogen) atoms. The summed E-state index contributed by atoms with van der Waals surface area (Å²) >= 11 is 0. The van der Waals surface area contributed by atoms with Crippen LogP contribution in [0.5, 0.6) is 0 Å². The first-order valence-electron chi connectivity index (χ1n) is 35.6. The topological polar surface area (TPSA) is 175 Å². The van der Waals surface area contributed by atoms with E-state index in [4.69, 9.17) is 14.2 Å². The van der Waals surface area contributed by atoms with Crippen LogP contribution in [-0.4, -0.2) is 100 Å². The molecule has 11 heteroatoms. The normalized spacial score (nSPS) is 18.4. The van der Waals surface area contributed by atoms with Gasteiger partial charge in [0.05, 0.1) is 32.0 Å². The highest BCUT2D eigenvalue weighted by Gasteiger charge is 2.44. The number of carbonyl (C=O) groups is 2. The molecule has 1 heterocycles. The van der Waals surface area contributed by atoms with Crippen LogP contribution in [0.3, 0.4) is 0 Å². The highest BCUT2D eigenvalue weighted by atomic mass is 16.7. The average molecular weight is 1180 g/mol. The van der Waals surface area contributed by atoms with Crippen molar-refractivity contribution < 1.29 is 49.3 Å². The Hall–Kier alpha value is -2.64. The molecule has 0 radical (unpaired) electrons. The zero-order chi connectivity index (χ0) is 60.9. The Morgan fingerprint density at radius 3 is 1.27 bits per heavy atom. The number of unbranched alkanes of at least 4 members (excludes halogenated alkanes) is 40. The standard InChI is InChI=1S/C73H133NO10/c1-3-5-7-9-11-13-15-17-33-36-39-43-47-51-55-59-66(76)65(64-83-73-72(81)71(80)70(79)67(63-75)84-73)74-68(77)60-56-52-48-44-40-37-34-31-29-27-25-23-21-19-18-20-22-24-26-28-30-32-35-38-42-46-50-54-58-62-82-69(78)61-57-53-49-45-41-16-14-12-10-8-6-4-2/h12,14,18,20,24,26,39,43,55,59,65-67,70-73,75-76,79-81H,3-11,13,15-17,19,21-23,25,27-38,40-42,44-54,56-58,60-64H2,1-2H3,(H,74,77)/b14-12-,20-18-,26-24-,43-39+,59-55+. The Kier molecular flexibility index (Phi) is 58.6. The van der Waals surface area contributed by atoms with E-state index in [0.717, 1.165) is 64.2 Å². The van der Waals surface area contributed by atoms with Gasteiger partial charge in [0.1, 0.15) is 24.4 Å². The molecule has 1 fully saturated rings. The molecule has 0 aromatic rings. The second kappa shape index (κ2) is 62.0. The second-order valence-electron chi connectivity index (χ2n) is 24.6. The van der Waals surface area contributed by atoms with Gasteiger partial charge in [0.2, 0.25) is 5.91 Å². The van der Waals surface area contributed by atoms with E-state index < -0.39 is 49.5 Å². The van der Waals surface area contributed by atoms with E-state index >= 15 is 0 Å². The van der Waals surface area contributed by atoms with Crippen LogP contribution in [0.25, 0.3) is 0 Å². The fourth-order valence-corrected chi connectivity index (χ4v) is 10.9. The molecule has 7 unspecified atom stereocenters. The lowest BCUT2D eigenvalue weighted by Gasteiger charge is -2.40. The van der Waals surface area contributed by atoms with Gasteiger partial charge < -0.3 is 45.1 Å². The molecule has 7 atom stereocenters. The molecule has 0 aromatic carbocycles. The van der Waals surface area contributed by atoms with Gasteiger partial charge in [-0.05, 0) is 103 Å². The van der Waals surface area contributed by atoms with Crippen LogP contribution in [0.1, 0.15) is 328 Å². The highest BCUT2D eigenvalue weighted by Crippen LogP contribution is 2.23. The minimum atomic E-state index is -1.58. The van der Waals surface area contributed by atoms with Crippen molar-refractivity contribution in [2.24, 2.45) is 0 Å². The second-order valence-corrected chi connectivity index (χ2v) is 24.6. The Morgan fingerprint density at radius 2 is 0.810 bits per heavy atom. The number of hydrogen-bond acceptors (Lipinski definition) is 10. The number of amides is 1. The lowest BCUT2D eigenvalue weighted by molar-refractivity contribution is -0.302. The number of allylic oxidation sites excluding steroid dienone is 9. The first-order chi connectivity index (χ1) is 41.2. The molecule has 0 bridgehead atoms. The smallest absolute Gasteiger partial charge is 0.305 e. The Balaban J connectivity index is 2.02. The third-order valence-electron chi connectivity index (χ3n) is 16.6. The number of esters is 1. The lowest BCUT2D eigenvalue weighted by Crippen LogP contribution is -2.60. The van der Waals surface area contributed by atoms with Gasteiger partial charge in [-0.2, -0.15) is 0 Å². The summed E-state index contributed by atoms with van der Waals surface area (Å²) in [4.78, 5) is 25.1. The first-order valence-corrected chi connectivity index (χ1v) is 35.6. The molecule has 0 saturated carbocycles. The van der Waals surface area contributed by atoms with Crippen molar-refractivity contribution in [3.05, 3.63) is 60.8 Å². The van der Waals surface area contributed by atoms with E-state index in [1.54, 1.807) is 6.08 Å². The summed E-state index contributed by atoms with van der Waals surface area (Å²) in [6.07, 6.45) is 72.0. The Morgan fingerprint density at radius 1 is 0.440 bits per heavy atom. The highest BCUT2D eigenvalue weighted by molar-refractivity contribution is 5.76. The molecule has 490 valence electrons. The van der Waals surface area contributed by atoms with Crippen molar-refractivity contribution in [3.63, 3.8) is 0 Å². The maximum Gasteiger partial charge on any atom is 0.305 e. The largest absolute Gasteiger partial charge is 0.466 e. The number of rotatable bonds is 62. The average Bonchev–Trinajstić information content (AvgIpc) is 3.70. The predicted molar refractivity (Wildman–Crippen MR) is 352 cm³/mol. The molecule has 0 aliphatic carbocycles. The van der Waals surface area contributed by atoms with E-state index in [9.17, 15) is 35.1 Å². The zero-order valence-electron chi connectivity index (χ0n) is 54.4. The number of aliphatic hydroxyl groups is 5. The molecule has 1 rings (SSSR count). The van der Waals surface area contributed by atoms with Crippen LogP contribution >= 0.6 is 0 Å². The molecular weight excluding hydrogens is 1050 g/mol. The summed E-state index contributed by atoms with van der Waals surface area (Å²) in [5.74, 6) is -0.199. The SMILES string of the molecule is CCCCC/C=C\CCCCCCCC(=O)OCCCCCCCCCCC/C=C\C/C=C\CCCCCCCCCCCCCCCC(=O)NC(COC1OC(CO)C(O)C(O)C1O)C(O)/C=C/CC/C=C/CCCCCCCCCCC. The maximum atomic E-state index is 13.1. The van der Waals surface area contributed by atoms with Crippen LogP contribution < -0.4 is 5.32 Å². The van der Waals surface area contributed by atoms with E-state index in [2.05, 4.69) is 67.8 Å². The summed E-state index contributed by atoms with van der Waals surface area (Å²) in [6, 6.07) is -0.830. The molecule has 6 N–H and O–H groups in total. The number of aliphatic hydroxyl groups excluding tert-OH is 5. The number of ether oxygens (including phenoxy) is 3. The summed E-state index contributed by atoms with van der Waals surface area (Å²) in [7, 11) is 0. The van der Waals surface area contributed by atoms with Crippen LogP contribution in [0.2, 0.25) is 0 Å². The lowest BCUT2D eigenvalue weighted by atomic mass is 9.99. The minimum absolute atomic E-state index is 0.00731. The first kappa shape index (κ1) is 79.4. The van der Waals surface area contributed by atoms with Crippen LogP contribution in [-0.2, 0) is 23.8 Å². The minimum Gasteiger partial charge on any atom is -0.466 e. The van der Waals surface area contributed by atoms with Gasteiger partial charge in [-0.1, -0.05) is 274 Å². The van der Waals surface area contributed by atoms with Crippen molar-refractivity contribution in [2.45, 2.75) is 371 Å². The molecular formula is C73H133NO10. The van der Waals surface area contributed by atoms with Crippen molar-refractivity contribution in [1.29, 1.82) is 0 Å². The van der Waals surface area contributed by atoms with Crippen molar-refractivity contribution >= 4 is 11.9 Å². The Bertz CT molecular complexity index is 1580. The van der Waals surface area contributed by atoms with E-state index in [-0.39, 0.29) is 18.5 Å². The third-order valence-corrected chi connectivity index (χ3v) is 16.6. The molecule has 1 aliphatic heterocycles. The van der Waals surface area contributed by atoms with Crippen molar-refractivity contribution in [3.8, 4) is 0 Å². The number of hydrogen-bond donors (Lipinski definition) is 6. The predicted octanol–water partition coefficient (Wildman–Crippen LogP) is 18.1. The number of carbonyl (C=O) groups excluding carboxylic acids is 2. The van der Waals surface area contributed by atoms with Gasteiger partial charge in [0.25, 0.3) is 0 Å². The number of nitrogens with one attached hydrogen (secondary N) is 1. The van der Waals surface area contributed by atoms with E-state index in [0.29, 0.717) is 19.4 Å². The van der Waals surface area contributed by atoms with E-state index in [1.165, 1.54) is 238 Å². The summed E-state index contributed by atoms with van der Waals surface area (Å²) in [5, 5.41) is 54.5. The van der Waals surface area contributed by atoms with Gasteiger partial charge in [0, 0.05) is 12.8 Å². The van der Waals surface area contributed by atoms with Crippen LogP contribution in [0.4, 0.5) is 0 Å². The van der Waals surface area contributed by atoms with Crippen molar-refractivity contribution in [2.75, 3.05) is 19.8 Å². The maximum absolute atomic E-state index is 13.1. The quantitative estimate of drug-likeness (QED) is 0.0195. The fourth-order valence-electron chi connectivity index (χ4n) is 10.9. The zero-order valence-corrected chi connectivity index (χ0v) is 54.4. The van der Waals surface area contributed by atoms with Gasteiger partial charge >= 0.3 is 5.97 Å². The molecule has 1 aliphatic rings.